The topological polar surface area (TPSA) is 80.3 Å². The molecule has 7 heteroatoms. The Kier molecular flexibility index (Phi) is 4.95. The molecule has 128 valence electrons. The lowest BCUT2D eigenvalue weighted by Crippen LogP contribution is -2.14. The van der Waals surface area contributed by atoms with Gasteiger partial charge in [0.05, 0.1) is 23.7 Å². The molecule has 2 amide bonds. The molecule has 2 aromatic carbocycles. The monoisotopic (exact) mass is 355 g/mol. The Labute approximate surface area is 148 Å². The Hall–Kier alpha value is -2.93. The van der Waals surface area contributed by atoms with Crippen LogP contribution in [0.3, 0.4) is 0 Å². The fourth-order valence-electron chi connectivity index (χ4n) is 2.35. The third kappa shape index (κ3) is 4.33. The average Bonchev–Trinajstić information content (AvgIpc) is 2.96. The molecule has 0 bridgehead atoms. The van der Waals surface area contributed by atoms with Crippen LogP contribution in [0.5, 0.6) is 5.75 Å². The van der Waals surface area contributed by atoms with E-state index in [4.69, 9.17) is 4.74 Å². The minimum atomic E-state index is -0.133. The predicted octanol–water partition coefficient (Wildman–Crippen LogP) is 3.44. The Morgan fingerprint density at radius 2 is 1.88 bits per heavy atom. The van der Waals surface area contributed by atoms with Crippen molar-refractivity contribution in [1.82, 2.24) is 4.98 Å². The van der Waals surface area contributed by atoms with Gasteiger partial charge >= 0.3 is 0 Å². The SMILES string of the molecule is COc1ccc(CC(=O)Nc2nc3ccc(NC(C)=O)cc3s2)cc1. The summed E-state index contributed by atoms with van der Waals surface area (Å²) < 4.78 is 6.00. The quantitative estimate of drug-likeness (QED) is 0.735. The van der Waals surface area contributed by atoms with E-state index in [2.05, 4.69) is 15.6 Å². The Balaban J connectivity index is 1.68. The zero-order chi connectivity index (χ0) is 17.8. The highest BCUT2D eigenvalue weighted by molar-refractivity contribution is 7.22. The van der Waals surface area contributed by atoms with E-state index in [0.717, 1.165) is 21.5 Å². The van der Waals surface area contributed by atoms with Crippen molar-refractivity contribution in [2.24, 2.45) is 0 Å². The summed E-state index contributed by atoms with van der Waals surface area (Å²) in [5, 5.41) is 6.09. The maximum absolute atomic E-state index is 12.2. The van der Waals surface area contributed by atoms with E-state index in [-0.39, 0.29) is 18.2 Å². The Bertz CT molecular complexity index is 919. The number of fused-ring (bicyclic) bond motifs is 1. The molecule has 0 aliphatic rings. The second-order valence-electron chi connectivity index (χ2n) is 5.46. The molecule has 3 aromatic rings. The molecule has 0 unspecified atom stereocenters. The summed E-state index contributed by atoms with van der Waals surface area (Å²) in [5.41, 5.74) is 2.38. The number of ether oxygens (including phenoxy) is 1. The standard InChI is InChI=1S/C18H17N3O3S/c1-11(22)19-13-5-8-15-16(10-13)25-18(20-15)21-17(23)9-12-3-6-14(24-2)7-4-12/h3-8,10H,9H2,1-2H3,(H,19,22)(H,20,21,23). The number of hydrogen-bond donors (Lipinski definition) is 2. The summed E-state index contributed by atoms with van der Waals surface area (Å²) in [5.74, 6) is 0.494. The molecule has 3 rings (SSSR count). The van der Waals surface area contributed by atoms with E-state index in [0.29, 0.717) is 10.8 Å². The number of nitrogens with zero attached hydrogens (tertiary/aromatic N) is 1. The van der Waals surface area contributed by atoms with E-state index in [1.54, 1.807) is 13.2 Å². The van der Waals surface area contributed by atoms with Crippen molar-refractivity contribution in [3.05, 3.63) is 48.0 Å². The first-order chi connectivity index (χ1) is 12.0. The molecule has 1 heterocycles. The van der Waals surface area contributed by atoms with Gasteiger partial charge in [0.15, 0.2) is 5.13 Å². The van der Waals surface area contributed by atoms with E-state index in [1.165, 1.54) is 18.3 Å². The number of amides is 2. The zero-order valence-electron chi connectivity index (χ0n) is 13.8. The summed E-state index contributed by atoms with van der Waals surface area (Å²) >= 11 is 1.37. The van der Waals surface area contributed by atoms with Crippen molar-refractivity contribution in [2.75, 3.05) is 17.7 Å². The Morgan fingerprint density at radius 3 is 2.56 bits per heavy atom. The number of thiazole rings is 1. The van der Waals surface area contributed by atoms with Gasteiger partial charge in [-0.05, 0) is 35.9 Å². The molecule has 0 fully saturated rings. The van der Waals surface area contributed by atoms with Crippen LogP contribution in [-0.4, -0.2) is 23.9 Å². The van der Waals surface area contributed by atoms with Gasteiger partial charge in [-0.2, -0.15) is 0 Å². The van der Waals surface area contributed by atoms with Crippen LogP contribution in [-0.2, 0) is 16.0 Å². The number of carbonyl (C=O) groups is 2. The molecule has 0 atom stereocenters. The number of hydrogen-bond acceptors (Lipinski definition) is 5. The van der Waals surface area contributed by atoms with Gasteiger partial charge in [0.1, 0.15) is 5.75 Å². The normalized spacial score (nSPS) is 10.5. The summed E-state index contributed by atoms with van der Waals surface area (Å²) in [6, 6.07) is 12.8. The van der Waals surface area contributed by atoms with Crippen molar-refractivity contribution in [3.63, 3.8) is 0 Å². The molecule has 0 aliphatic carbocycles. The highest BCUT2D eigenvalue weighted by atomic mass is 32.1. The minimum absolute atomic E-state index is 0.128. The first-order valence-corrected chi connectivity index (χ1v) is 8.46. The van der Waals surface area contributed by atoms with Gasteiger partial charge in [0.2, 0.25) is 11.8 Å². The van der Waals surface area contributed by atoms with Crippen molar-refractivity contribution in [1.29, 1.82) is 0 Å². The maximum Gasteiger partial charge on any atom is 0.230 e. The third-order valence-electron chi connectivity index (χ3n) is 3.48. The van der Waals surface area contributed by atoms with Crippen molar-refractivity contribution < 1.29 is 14.3 Å². The molecule has 1 aromatic heterocycles. The van der Waals surface area contributed by atoms with E-state index in [1.807, 2.05) is 36.4 Å². The molecule has 0 saturated carbocycles. The van der Waals surface area contributed by atoms with Crippen LogP contribution in [0.25, 0.3) is 10.2 Å². The van der Waals surface area contributed by atoms with E-state index in [9.17, 15) is 9.59 Å². The van der Waals surface area contributed by atoms with Crippen molar-refractivity contribution in [3.8, 4) is 5.75 Å². The van der Waals surface area contributed by atoms with Gasteiger partial charge in [-0.3, -0.25) is 9.59 Å². The molecule has 0 spiro atoms. The highest BCUT2D eigenvalue weighted by Crippen LogP contribution is 2.28. The van der Waals surface area contributed by atoms with Crippen LogP contribution in [0.2, 0.25) is 0 Å². The number of methoxy groups -OCH3 is 1. The van der Waals surface area contributed by atoms with Crippen molar-refractivity contribution >= 4 is 44.2 Å². The molecular weight excluding hydrogens is 338 g/mol. The second kappa shape index (κ2) is 7.31. The van der Waals surface area contributed by atoms with Gasteiger partial charge in [-0.25, -0.2) is 4.98 Å². The van der Waals surface area contributed by atoms with E-state index >= 15 is 0 Å². The largest absolute Gasteiger partial charge is 0.497 e. The smallest absolute Gasteiger partial charge is 0.230 e. The number of rotatable bonds is 5. The molecule has 6 nitrogen and oxygen atoms in total. The number of aromatic nitrogens is 1. The molecule has 0 aliphatic heterocycles. The summed E-state index contributed by atoms with van der Waals surface area (Å²) in [7, 11) is 1.60. The van der Waals surface area contributed by atoms with Crippen LogP contribution < -0.4 is 15.4 Å². The number of carbonyl (C=O) groups excluding carboxylic acids is 2. The predicted molar refractivity (Wildman–Crippen MR) is 99.3 cm³/mol. The molecular formula is C18H17N3O3S. The number of anilines is 2. The molecule has 25 heavy (non-hydrogen) atoms. The lowest BCUT2D eigenvalue weighted by Gasteiger charge is -2.03. The average molecular weight is 355 g/mol. The van der Waals surface area contributed by atoms with Crippen LogP contribution in [0, 0.1) is 0 Å². The fraction of sp³-hybridized carbons (Fsp3) is 0.167. The molecule has 0 radical (unpaired) electrons. The van der Waals surface area contributed by atoms with E-state index < -0.39 is 0 Å². The summed E-state index contributed by atoms with van der Waals surface area (Å²) in [6.07, 6.45) is 0.261. The van der Waals surface area contributed by atoms with Gasteiger partial charge in [-0.1, -0.05) is 23.5 Å². The number of nitrogens with one attached hydrogen (secondary N) is 2. The van der Waals surface area contributed by atoms with Crippen LogP contribution in [0.1, 0.15) is 12.5 Å². The van der Waals surface area contributed by atoms with Crippen LogP contribution in [0.15, 0.2) is 42.5 Å². The number of benzene rings is 2. The summed E-state index contributed by atoms with van der Waals surface area (Å²) in [6.45, 7) is 1.46. The highest BCUT2D eigenvalue weighted by Gasteiger charge is 2.10. The molecule has 2 N–H and O–H groups in total. The Morgan fingerprint density at radius 1 is 1.12 bits per heavy atom. The van der Waals surface area contributed by atoms with Crippen molar-refractivity contribution in [2.45, 2.75) is 13.3 Å². The maximum atomic E-state index is 12.2. The third-order valence-corrected chi connectivity index (χ3v) is 4.41. The van der Waals surface area contributed by atoms with Gasteiger partial charge in [0.25, 0.3) is 0 Å². The zero-order valence-corrected chi connectivity index (χ0v) is 14.6. The van der Waals surface area contributed by atoms with Gasteiger partial charge in [0, 0.05) is 12.6 Å². The lowest BCUT2D eigenvalue weighted by atomic mass is 10.1. The second-order valence-corrected chi connectivity index (χ2v) is 6.49. The van der Waals surface area contributed by atoms with Gasteiger partial charge in [-0.15, -0.1) is 0 Å². The first kappa shape index (κ1) is 16.9. The van der Waals surface area contributed by atoms with Crippen LogP contribution in [0.4, 0.5) is 10.8 Å². The fourth-order valence-corrected chi connectivity index (χ4v) is 3.27. The summed E-state index contributed by atoms with van der Waals surface area (Å²) in [4.78, 5) is 27.7. The lowest BCUT2D eigenvalue weighted by molar-refractivity contribution is -0.116. The minimum Gasteiger partial charge on any atom is -0.497 e. The van der Waals surface area contributed by atoms with Gasteiger partial charge < -0.3 is 15.4 Å². The molecule has 0 saturated heterocycles. The van der Waals surface area contributed by atoms with Crippen LogP contribution >= 0.6 is 11.3 Å². The first-order valence-electron chi connectivity index (χ1n) is 7.64.